The maximum absolute atomic E-state index is 14.5. The van der Waals surface area contributed by atoms with E-state index in [1.807, 2.05) is 13.8 Å². The van der Waals surface area contributed by atoms with E-state index in [0.717, 1.165) is 51.0 Å². The van der Waals surface area contributed by atoms with Gasteiger partial charge in [0.1, 0.15) is 11.9 Å². The van der Waals surface area contributed by atoms with Crippen LogP contribution in [0.25, 0.3) is 0 Å². The Morgan fingerprint density at radius 1 is 1.22 bits per heavy atom. The molecule has 36 heavy (non-hydrogen) atoms. The molecule has 0 radical (unpaired) electrons. The molecule has 3 heterocycles. The highest BCUT2D eigenvalue weighted by Crippen LogP contribution is 2.45. The van der Waals surface area contributed by atoms with Gasteiger partial charge in [0.15, 0.2) is 11.6 Å². The number of anilines is 1. The summed E-state index contributed by atoms with van der Waals surface area (Å²) in [5.74, 6) is 0.821. The van der Waals surface area contributed by atoms with Crippen LogP contribution in [0.1, 0.15) is 51.2 Å². The van der Waals surface area contributed by atoms with Gasteiger partial charge in [0.05, 0.1) is 11.6 Å². The van der Waals surface area contributed by atoms with E-state index >= 15 is 0 Å². The fraction of sp³-hybridized carbons (Fsp3) is 0.556. The monoisotopic (exact) mass is 535 g/mol. The zero-order chi connectivity index (χ0) is 25.6. The van der Waals surface area contributed by atoms with E-state index in [1.54, 1.807) is 24.3 Å². The highest BCUT2D eigenvalue weighted by atomic mass is 35.5. The number of aliphatic carboxylic acids is 1. The summed E-state index contributed by atoms with van der Waals surface area (Å²) in [5.41, 5.74) is 0.176. The van der Waals surface area contributed by atoms with Crippen LogP contribution >= 0.6 is 23.2 Å². The first-order valence-corrected chi connectivity index (χ1v) is 13.4. The summed E-state index contributed by atoms with van der Waals surface area (Å²) in [6.45, 7) is 7.53. The highest BCUT2D eigenvalue weighted by Gasteiger charge is 2.49. The number of hydrogen-bond acceptors (Lipinski definition) is 5. The number of aromatic nitrogens is 1. The maximum atomic E-state index is 14.5. The van der Waals surface area contributed by atoms with Crippen molar-refractivity contribution >= 4 is 35.0 Å². The summed E-state index contributed by atoms with van der Waals surface area (Å²) in [5, 5.41) is 10.4. The normalized spacial score (nSPS) is 27.8. The standard InChI is InChI=1S/C27H32Cl2FN3O3/c1-16(21-6-5-19(28)8-22(21)29)36-24-9-25(31-12-23(24)30)33-14-18(15-33)17-4-3-7-32(13-17)20-10-27(2,11-20)26(34)35/h5-6,8-9,12,16-18,20H,3-4,7,10-11,13-15H2,1-2H3,(H,34,35)/t16-,17+,20?,27?/m1/s1. The van der Waals surface area contributed by atoms with Crippen LogP contribution in [0.5, 0.6) is 5.75 Å². The third-order valence-corrected chi connectivity index (χ3v) is 8.87. The SMILES string of the molecule is C[C@@H](Oc1cc(N2CC([C@H]3CCCN(C4CC(C)(C(=O)O)C4)C3)C2)ncc1F)c1ccc(Cl)cc1Cl. The van der Waals surface area contributed by atoms with Gasteiger partial charge in [0.25, 0.3) is 0 Å². The molecule has 6 nitrogen and oxygen atoms in total. The van der Waals surface area contributed by atoms with Crippen LogP contribution in [0.2, 0.25) is 10.0 Å². The van der Waals surface area contributed by atoms with Gasteiger partial charge in [-0.05, 0) is 70.0 Å². The molecule has 9 heteroatoms. The lowest BCUT2D eigenvalue weighted by atomic mass is 9.65. The van der Waals surface area contributed by atoms with E-state index in [-0.39, 0.29) is 5.75 Å². The van der Waals surface area contributed by atoms with Crippen LogP contribution in [0.15, 0.2) is 30.5 Å². The molecule has 0 spiro atoms. The molecule has 1 aromatic carbocycles. The summed E-state index contributed by atoms with van der Waals surface area (Å²) in [6.07, 6.45) is 4.60. The number of halogens is 3. The quantitative estimate of drug-likeness (QED) is 0.464. The molecule has 194 valence electrons. The van der Waals surface area contributed by atoms with Crippen LogP contribution in [0.4, 0.5) is 10.2 Å². The number of pyridine rings is 1. The first-order chi connectivity index (χ1) is 17.1. The van der Waals surface area contributed by atoms with Gasteiger partial charge in [-0.1, -0.05) is 29.3 Å². The highest BCUT2D eigenvalue weighted by molar-refractivity contribution is 6.35. The Balaban J connectivity index is 1.17. The van der Waals surface area contributed by atoms with E-state index in [0.29, 0.717) is 33.7 Å². The van der Waals surface area contributed by atoms with Gasteiger partial charge >= 0.3 is 5.97 Å². The third kappa shape index (κ3) is 5.02. The largest absolute Gasteiger partial charge is 0.483 e. The number of carbonyl (C=O) groups is 1. The second kappa shape index (κ2) is 9.99. The number of piperidine rings is 1. The van der Waals surface area contributed by atoms with Crippen molar-refractivity contribution in [1.82, 2.24) is 9.88 Å². The Labute approximate surface area is 221 Å². The summed E-state index contributed by atoms with van der Waals surface area (Å²) >= 11 is 12.3. The van der Waals surface area contributed by atoms with Crippen molar-refractivity contribution in [2.75, 3.05) is 31.1 Å². The fourth-order valence-electron chi connectivity index (χ4n) is 5.93. The molecule has 1 aromatic heterocycles. The first-order valence-electron chi connectivity index (χ1n) is 12.6. The van der Waals surface area contributed by atoms with E-state index < -0.39 is 23.3 Å². The minimum Gasteiger partial charge on any atom is -0.483 e. The topological polar surface area (TPSA) is 65.9 Å². The number of carboxylic acid groups (broad SMARTS) is 1. The van der Waals surface area contributed by atoms with E-state index in [9.17, 15) is 14.3 Å². The maximum Gasteiger partial charge on any atom is 0.309 e. The van der Waals surface area contributed by atoms with Crippen molar-refractivity contribution in [3.8, 4) is 5.75 Å². The molecule has 1 N–H and O–H groups in total. The molecule has 2 aliphatic heterocycles. The Hall–Kier alpha value is -2.09. The Morgan fingerprint density at radius 3 is 2.67 bits per heavy atom. The number of nitrogens with zero attached hydrogens (tertiary/aromatic N) is 3. The Bertz CT molecular complexity index is 1140. The Kier molecular flexibility index (Phi) is 7.09. The Morgan fingerprint density at radius 2 is 1.97 bits per heavy atom. The van der Waals surface area contributed by atoms with Gasteiger partial charge in [-0.2, -0.15) is 0 Å². The van der Waals surface area contributed by atoms with Gasteiger partial charge in [-0.15, -0.1) is 0 Å². The van der Waals surface area contributed by atoms with Crippen molar-refractivity contribution in [3.63, 3.8) is 0 Å². The number of likely N-dealkylation sites (tertiary alicyclic amines) is 1. The molecular weight excluding hydrogens is 504 g/mol. The predicted octanol–water partition coefficient (Wildman–Crippen LogP) is 6.07. The molecule has 3 aliphatic rings. The van der Waals surface area contributed by atoms with Crippen molar-refractivity contribution < 1.29 is 19.0 Å². The average molecular weight is 536 g/mol. The predicted molar refractivity (Wildman–Crippen MR) is 138 cm³/mol. The van der Waals surface area contributed by atoms with E-state index in [2.05, 4.69) is 14.8 Å². The molecule has 5 rings (SSSR count). The number of rotatable bonds is 7. The third-order valence-electron chi connectivity index (χ3n) is 8.30. The minimum absolute atomic E-state index is 0.150. The molecule has 2 aromatic rings. The van der Waals surface area contributed by atoms with Crippen LogP contribution in [0, 0.1) is 23.1 Å². The van der Waals surface area contributed by atoms with E-state index in [4.69, 9.17) is 27.9 Å². The van der Waals surface area contributed by atoms with Crippen molar-refractivity contribution in [2.45, 2.75) is 51.7 Å². The molecule has 2 saturated heterocycles. The van der Waals surface area contributed by atoms with Gasteiger partial charge in [0.2, 0.25) is 0 Å². The van der Waals surface area contributed by atoms with Gasteiger partial charge < -0.3 is 19.6 Å². The van der Waals surface area contributed by atoms with Crippen LogP contribution < -0.4 is 9.64 Å². The summed E-state index contributed by atoms with van der Waals surface area (Å²) < 4.78 is 20.5. The molecule has 3 fully saturated rings. The van der Waals surface area contributed by atoms with Gasteiger partial charge in [-0.3, -0.25) is 4.79 Å². The zero-order valence-electron chi connectivity index (χ0n) is 20.6. The minimum atomic E-state index is -0.678. The van der Waals surface area contributed by atoms with Gasteiger partial charge in [-0.25, -0.2) is 9.37 Å². The second-order valence-electron chi connectivity index (χ2n) is 10.9. The summed E-state index contributed by atoms with van der Waals surface area (Å²) in [6, 6.07) is 7.22. The molecule has 0 bridgehead atoms. The molecule has 0 amide bonds. The molecule has 2 atom stereocenters. The van der Waals surface area contributed by atoms with Crippen molar-refractivity contribution in [2.24, 2.45) is 17.3 Å². The number of ether oxygens (including phenoxy) is 1. The van der Waals surface area contributed by atoms with Crippen molar-refractivity contribution in [3.05, 3.63) is 51.9 Å². The van der Waals surface area contributed by atoms with Crippen LogP contribution in [-0.4, -0.2) is 53.2 Å². The average Bonchev–Trinajstić information content (AvgIpc) is 2.78. The fourth-order valence-corrected chi connectivity index (χ4v) is 6.49. The summed E-state index contributed by atoms with van der Waals surface area (Å²) in [4.78, 5) is 20.4. The molecule has 1 saturated carbocycles. The number of carboxylic acids is 1. The lowest BCUT2D eigenvalue weighted by Crippen LogP contribution is -2.58. The van der Waals surface area contributed by atoms with Crippen molar-refractivity contribution in [1.29, 1.82) is 0 Å². The van der Waals surface area contributed by atoms with Crippen LogP contribution in [-0.2, 0) is 4.79 Å². The smallest absolute Gasteiger partial charge is 0.309 e. The number of hydrogen-bond donors (Lipinski definition) is 1. The zero-order valence-corrected chi connectivity index (χ0v) is 22.1. The summed E-state index contributed by atoms with van der Waals surface area (Å²) in [7, 11) is 0. The van der Waals surface area contributed by atoms with Crippen LogP contribution in [0.3, 0.4) is 0 Å². The lowest BCUT2D eigenvalue weighted by Gasteiger charge is -2.52. The number of benzene rings is 1. The molecule has 1 aliphatic carbocycles. The molecule has 0 unspecified atom stereocenters. The van der Waals surface area contributed by atoms with E-state index in [1.165, 1.54) is 12.6 Å². The first kappa shape index (κ1) is 25.6. The van der Waals surface area contributed by atoms with Gasteiger partial charge in [0, 0.05) is 47.4 Å². The molecular formula is C27H32Cl2FN3O3. The second-order valence-corrected chi connectivity index (χ2v) is 11.7. The lowest BCUT2D eigenvalue weighted by molar-refractivity contribution is -0.158.